The zero-order valence-corrected chi connectivity index (χ0v) is 11.3. The van der Waals surface area contributed by atoms with Crippen molar-refractivity contribution >= 4 is 27.7 Å². The van der Waals surface area contributed by atoms with E-state index in [1.807, 2.05) is 6.07 Å². The van der Waals surface area contributed by atoms with Gasteiger partial charge in [-0.25, -0.2) is 0 Å². The minimum atomic E-state index is 0.430. The molecule has 4 heteroatoms. The predicted molar refractivity (Wildman–Crippen MR) is 68.2 cm³/mol. The molecule has 2 nitrogen and oxygen atoms in total. The number of hydrogen-bond donors (Lipinski definition) is 1. The molecular weight excluding hydrogens is 274 g/mol. The van der Waals surface area contributed by atoms with Crippen LogP contribution in [-0.2, 0) is 6.54 Å². The first-order chi connectivity index (χ1) is 7.20. The highest BCUT2D eigenvalue weighted by Crippen LogP contribution is 2.37. The van der Waals surface area contributed by atoms with Crippen molar-refractivity contribution in [1.82, 2.24) is 5.32 Å². The van der Waals surface area contributed by atoms with Crippen molar-refractivity contribution in [2.75, 3.05) is 12.3 Å². The lowest BCUT2D eigenvalue weighted by molar-refractivity contribution is 0.461. The van der Waals surface area contributed by atoms with Crippen LogP contribution in [0.1, 0.15) is 25.5 Å². The molecule has 0 aliphatic carbocycles. The van der Waals surface area contributed by atoms with E-state index in [9.17, 15) is 0 Å². The maximum Gasteiger partial charge on any atom is 0.131 e. The van der Waals surface area contributed by atoms with E-state index < -0.39 is 0 Å². The van der Waals surface area contributed by atoms with Gasteiger partial charge >= 0.3 is 0 Å². The Morgan fingerprint density at radius 3 is 3.13 bits per heavy atom. The molecule has 1 aromatic rings. The predicted octanol–water partition coefficient (Wildman–Crippen LogP) is 3.42. The van der Waals surface area contributed by atoms with Gasteiger partial charge in [0, 0.05) is 11.3 Å². The van der Waals surface area contributed by atoms with E-state index in [1.54, 1.807) is 6.26 Å². The second-order valence-electron chi connectivity index (χ2n) is 4.20. The van der Waals surface area contributed by atoms with Gasteiger partial charge in [-0.3, -0.25) is 0 Å². The smallest absolute Gasteiger partial charge is 0.131 e. The van der Waals surface area contributed by atoms with Gasteiger partial charge in [-0.15, -0.1) is 0 Å². The number of thioether (sulfide) groups is 1. The molecule has 0 radical (unpaired) electrons. The Balaban J connectivity index is 1.77. The minimum absolute atomic E-state index is 0.430. The van der Waals surface area contributed by atoms with Crippen LogP contribution in [-0.4, -0.2) is 17.0 Å². The zero-order valence-electron chi connectivity index (χ0n) is 8.88. The van der Waals surface area contributed by atoms with Crippen LogP contribution in [0, 0.1) is 0 Å². The molecule has 0 aromatic carbocycles. The number of hydrogen-bond acceptors (Lipinski definition) is 3. The van der Waals surface area contributed by atoms with Crippen molar-refractivity contribution in [3.05, 3.63) is 22.6 Å². The highest BCUT2D eigenvalue weighted by Gasteiger charge is 2.28. The molecule has 0 saturated carbocycles. The summed E-state index contributed by atoms with van der Waals surface area (Å²) in [5.74, 6) is 2.30. The third-order valence-corrected chi connectivity index (χ3v) is 5.02. The average molecular weight is 290 g/mol. The Kier molecular flexibility index (Phi) is 3.80. The molecule has 2 heterocycles. The van der Waals surface area contributed by atoms with E-state index >= 15 is 0 Å². The van der Waals surface area contributed by atoms with Gasteiger partial charge in [0.2, 0.25) is 0 Å². The van der Waals surface area contributed by atoms with E-state index in [1.165, 1.54) is 18.6 Å². The van der Waals surface area contributed by atoms with Crippen LogP contribution in [0.5, 0.6) is 0 Å². The summed E-state index contributed by atoms with van der Waals surface area (Å²) in [5, 5.41) is 3.47. The zero-order chi connectivity index (χ0) is 10.7. The Hall–Kier alpha value is 0.0700. The Labute approximate surface area is 103 Å². The number of furan rings is 1. The Bertz CT molecular complexity index is 320. The monoisotopic (exact) mass is 289 g/mol. The quantitative estimate of drug-likeness (QED) is 0.920. The van der Waals surface area contributed by atoms with Gasteiger partial charge < -0.3 is 9.73 Å². The largest absolute Gasteiger partial charge is 0.467 e. The first-order valence-electron chi connectivity index (χ1n) is 5.26. The number of rotatable bonds is 4. The molecule has 2 rings (SSSR count). The molecule has 0 bridgehead atoms. The van der Waals surface area contributed by atoms with Crippen molar-refractivity contribution in [1.29, 1.82) is 0 Å². The highest BCUT2D eigenvalue weighted by atomic mass is 79.9. The summed E-state index contributed by atoms with van der Waals surface area (Å²) in [7, 11) is 0. The molecular formula is C11H16BrNOS. The summed E-state index contributed by atoms with van der Waals surface area (Å²) in [4.78, 5) is 0. The summed E-state index contributed by atoms with van der Waals surface area (Å²) in [6.07, 6.45) is 4.39. The first-order valence-corrected chi connectivity index (χ1v) is 7.04. The topological polar surface area (TPSA) is 25.2 Å². The second kappa shape index (κ2) is 4.93. The van der Waals surface area contributed by atoms with Gasteiger partial charge in [-0.1, -0.05) is 0 Å². The molecule has 15 heavy (non-hydrogen) atoms. The summed E-state index contributed by atoms with van der Waals surface area (Å²) in [5.41, 5.74) is 0. The molecule has 1 aromatic heterocycles. The van der Waals surface area contributed by atoms with Crippen molar-refractivity contribution in [3.63, 3.8) is 0 Å². The molecule has 1 atom stereocenters. The molecule has 1 aliphatic heterocycles. The molecule has 84 valence electrons. The maximum atomic E-state index is 5.35. The fourth-order valence-corrected chi connectivity index (χ4v) is 3.48. The lowest BCUT2D eigenvalue weighted by atomic mass is 10.1. The van der Waals surface area contributed by atoms with Crippen molar-refractivity contribution in [2.45, 2.75) is 31.1 Å². The molecule has 1 N–H and O–H groups in total. The summed E-state index contributed by atoms with van der Waals surface area (Å²) >= 11 is 5.54. The van der Waals surface area contributed by atoms with Crippen LogP contribution >= 0.6 is 27.7 Å². The van der Waals surface area contributed by atoms with E-state index in [0.717, 1.165) is 23.3 Å². The lowest BCUT2D eigenvalue weighted by Gasteiger charge is -2.22. The van der Waals surface area contributed by atoms with Crippen LogP contribution in [0.3, 0.4) is 0 Å². The molecule has 1 aliphatic rings. The molecule has 0 amide bonds. The van der Waals surface area contributed by atoms with Crippen molar-refractivity contribution < 1.29 is 4.42 Å². The van der Waals surface area contributed by atoms with Crippen LogP contribution in [0.2, 0.25) is 0 Å². The van der Waals surface area contributed by atoms with E-state index in [4.69, 9.17) is 4.42 Å². The van der Waals surface area contributed by atoms with Gasteiger partial charge in [0.15, 0.2) is 0 Å². The minimum Gasteiger partial charge on any atom is -0.467 e. The Morgan fingerprint density at radius 2 is 2.53 bits per heavy atom. The van der Waals surface area contributed by atoms with Gasteiger partial charge in [0.1, 0.15) is 5.76 Å². The van der Waals surface area contributed by atoms with Crippen LogP contribution in [0.25, 0.3) is 0 Å². The van der Waals surface area contributed by atoms with Crippen LogP contribution < -0.4 is 5.32 Å². The highest BCUT2D eigenvalue weighted by molar-refractivity contribution is 9.10. The van der Waals surface area contributed by atoms with Crippen molar-refractivity contribution in [2.24, 2.45) is 0 Å². The van der Waals surface area contributed by atoms with E-state index in [2.05, 4.69) is 39.9 Å². The fourth-order valence-electron chi connectivity index (χ4n) is 1.87. The lowest BCUT2D eigenvalue weighted by Crippen LogP contribution is -2.32. The standard InChI is InChI=1S/C11H16BrNOS/c1-11(4-2-6-15-11)8-13-7-10-9(12)3-5-14-10/h3,5,13H,2,4,6-8H2,1H3. The maximum absolute atomic E-state index is 5.35. The summed E-state index contributed by atoms with van der Waals surface area (Å²) < 4.78 is 6.83. The third kappa shape index (κ3) is 3.02. The number of halogens is 1. The SMILES string of the molecule is CC1(CNCc2occc2Br)CCCS1. The molecule has 1 unspecified atom stereocenters. The van der Waals surface area contributed by atoms with Gasteiger partial charge in [0.25, 0.3) is 0 Å². The Morgan fingerprint density at radius 1 is 1.67 bits per heavy atom. The number of nitrogens with one attached hydrogen (secondary N) is 1. The van der Waals surface area contributed by atoms with Gasteiger partial charge in [-0.05, 0) is 47.5 Å². The molecule has 1 fully saturated rings. The van der Waals surface area contributed by atoms with E-state index in [-0.39, 0.29) is 0 Å². The van der Waals surface area contributed by atoms with Gasteiger partial charge in [0.05, 0.1) is 17.3 Å². The second-order valence-corrected chi connectivity index (χ2v) is 6.73. The summed E-state index contributed by atoms with van der Waals surface area (Å²) in [6.45, 7) is 4.21. The third-order valence-electron chi connectivity index (χ3n) is 2.78. The summed E-state index contributed by atoms with van der Waals surface area (Å²) in [6, 6.07) is 1.93. The van der Waals surface area contributed by atoms with Gasteiger partial charge in [-0.2, -0.15) is 11.8 Å². The molecule has 0 spiro atoms. The average Bonchev–Trinajstić information content (AvgIpc) is 2.78. The first kappa shape index (κ1) is 11.6. The van der Waals surface area contributed by atoms with E-state index in [0.29, 0.717) is 4.75 Å². The normalized spacial score (nSPS) is 26.0. The van der Waals surface area contributed by atoms with Crippen molar-refractivity contribution in [3.8, 4) is 0 Å². The fraction of sp³-hybridized carbons (Fsp3) is 0.636. The van der Waals surface area contributed by atoms with Crippen LogP contribution in [0.15, 0.2) is 21.2 Å². The van der Waals surface area contributed by atoms with Crippen LogP contribution in [0.4, 0.5) is 0 Å². The molecule has 1 saturated heterocycles.